The van der Waals surface area contributed by atoms with E-state index < -0.39 is 17.1 Å². The third-order valence-corrected chi connectivity index (χ3v) is 7.76. The second-order valence-corrected chi connectivity index (χ2v) is 10.6. The van der Waals surface area contributed by atoms with E-state index in [4.69, 9.17) is 42.1 Å². The van der Waals surface area contributed by atoms with Crippen molar-refractivity contribution in [3.8, 4) is 23.0 Å². The number of ether oxygens (including phenoxy) is 4. The number of amides is 2. The van der Waals surface area contributed by atoms with Crippen LogP contribution in [0.2, 0.25) is 10.0 Å². The van der Waals surface area contributed by atoms with Gasteiger partial charge in [-0.1, -0.05) is 35.3 Å². The highest BCUT2D eigenvalue weighted by atomic mass is 79.9. The minimum atomic E-state index is -0.661. The van der Waals surface area contributed by atoms with Crippen LogP contribution in [0.3, 0.4) is 0 Å². The van der Waals surface area contributed by atoms with Gasteiger partial charge in [0.2, 0.25) is 6.79 Å². The van der Waals surface area contributed by atoms with Crippen LogP contribution in [0.5, 0.6) is 23.0 Å². The van der Waals surface area contributed by atoms with Crippen molar-refractivity contribution in [1.29, 1.82) is 0 Å². The van der Waals surface area contributed by atoms with Gasteiger partial charge in [0.25, 0.3) is 11.1 Å². The molecule has 2 aliphatic rings. The first-order valence-corrected chi connectivity index (χ1v) is 13.3. The van der Waals surface area contributed by atoms with Crippen LogP contribution in [0, 0.1) is 0 Å². The number of carbonyl (C=O) groups excluding carboxylic acids is 3. The maximum Gasteiger partial charge on any atom is 0.345 e. The Hall–Kier alpha value is -3.18. The van der Waals surface area contributed by atoms with E-state index in [0.29, 0.717) is 32.1 Å². The third-order valence-electron chi connectivity index (χ3n) is 5.58. The molecule has 2 heterocycles. The van der Waals surface area contributed by atoms with E-state index in [1.54, 1.807) is 54.6 Å². The predicted molar refractivity (Wildman–Crippen MR) is 146 cm³/mol. The molecule has 0 unspecified atom stereocenters. The van der Waals surface area contributed by atoms with Crippen molar-refractivity contribution in [3.63, 3.8) is 0 Å². The molecule has 3 aromatic rings. The summed E-state index contributed by atoms with van der Waals surface area (Å²) < 4.78 is 22.0. The second kappa shape index (κ2) is 10.9. The quantitative estimate of drug-likeness (QED) is 0.163. The zero-order valence-corrected chi connectivity index (χ0v) is 23.4. The molecule has 1 saturated heterocycles. The van der Waals surface area contributed by atoms with Crippen molar-refractivity contribution in [3.05, 3.63) is 84.6 Å². The molecule has 8 nitrogen and oxygen atoms in total. The summed E-state index contributed by atoms with van der Waals surface area (Å²) in [5.74, 6) is 0.244. The summed E-state index contributed by atoms with van der Waals surface area (Å²) >= 11 is 16.6. The van der Waals surface area contributed by atoms with Crippen molar-refractivity contribution < 1.29 is 33.3 Å². The molecule has 2 aliphatic heterocycles. The van der Waals surface area contributed by atoms with Crippen LogP contribution in [0.15, 0.2) is 57.9 Å². The molecule has 0 spiro atoms. The molecule has 38 heavy (non-hydrogen) atoms. The highest BCUT2D eigenvalue weighted by Gasteiger charge is 2.36. The molecular formula is C26H16BrCl2NO7S. The van der Waals surface area contributed by atoms with Gasteiger partial charge in [-0.25, -0.2) is 4.79 Å². The number of carbonyl (C=O) groups is 3. The molecule has 3 aromatic carbocycles. The van der Waals surface area contributed by atoms with Gasteiger partial charge in [0.05, 0.1) is 33.6 Å². The van der Waals surface area contributed by atoms with Crippen molar-refractivity contribution in [1.82, 2.24) is 4.90 Å². The zero-order valence-electron chi connectivity index (χ0n) is 19.5. The van der Waals surface area contributed by atoms with Gasteiger partial charge in [0.1, 0.15) is 0 Å². The number of rotatable bonds is 6. The number of methoxy groups -OCH3 is 1. The number of hydrogen-bond acceptors (Lipinski definition) is 8. The SMILES string of the molecule is COc1cc(/C=C2\SC(=O)N(Cc3cc4c(cc3Cl)OCO4)C2=O)cc(Br)c1OC(=O)c1ccccc1Cl. The summed E-state index contributed by atoms with van der Waals surface area (Å²) in [5, 5.41) is 0.168. The molecule has 2 amide bonds. The largest absolute Gasteiger partial charge is 0.493 e. The first kappa shape index (κ1) is 26.4. The average molecular weight is 637 g/mol. The Labute approximate surface area is 239 Å². The van der Waals surface area contributed by atoms with E-state index in [0.717, 1.165) is 16.7 Å². The van der Waals surface area contributed by atoms with Crippen LogP contribution in [0.1, 0.15) is 21.5 Å². The van der Waals surface area contributed by atoms with Crippen LogP contribution >= 0.6 is 50.9 Å². The first-order valence-electron chi connectivity index (χ1n) is 10.9. The molecular weight excluding hydrogens is 621 g/mol. The Balaban J connectivity index is 1.37. The van der Waals surface area contributed by atoms with Crippen LogP contribution in [0.25, 0.3) is 6.08 Å². The predicted octanol–water partition coefficient (Wildman–Crippen LogP) is 6.95. The van der Waals surface area contributed by atoms with Gasteiger partial charge in [0.15, 0.2) is 23.0 Å². The fraction of sp³-hybridized carbons (Fsp3) is 0.115. The number of imide groups is 1. The normalized spacial score (nSPS) is 15.4. The molecule has 0 saturated carbocycles. The molecule has 5 rings (SSSR count). The number of benzene rings is 3. The Bertz CT molecular complexity index is 1530. The molecule has 0 atom stereocenters. The third kappa shape index (κ3) is 5.22. The first-order chi connectivity index (χ1) is 18.2. The number of hydrogen-bond donors (Lipinski definition) is 0. The van der Waals surface area contributed by atoms with Crippen LogP contribution in [-0.2, 0) is 11.3 Å². The monoisotopic (exact) mass is 635 g/mol. The fourth-order valence-electron chi connectivity index (χ4n) is 3.74. The Kier molecular flexibility index (Phi) is 7.58. The minimum Gasteiger partial charge on any atom is -0.493 e. The molecule has 0 aliphatic carbocycles. The summed E-state index contributed by atoms with van der Waals surface area (Å²) in [6.45, 7) is 0.0534. The molecule has 0 radical (unpaired) electrons. The highest BCUT2D eigenvalue weighted by Crippen LogP contribution is 2.41. The molecule has 0 N–H and O–H groups in total. The fourth-order valence-corrected chi connectivity index (χ4v) is 5.54. The van der Waals surface area contributed by atoms with Crippen LogP contribution in [0.4, 0.5) is 4.79 Å². The standard InChI is InChI=1S/C26H16BrCl2NO7S/c1-34-21-7-13(6-16(27)23(21)37-25(32)15-4-2-3-5-17(15)28)8-22-24(31)30(26(33)38-22)11-14-9-19-20(10-18(14)29)36-12-35-19/h2-10H,11-12H2,1H3/b22-8-. The van der Waals surface area contributed by atoms with Gasteiger partial charge in [-0.15, -0.1) is 0 Å². The lowest BCUT2D eigenvalue weighted by Gasteiger charge is -2.14. The maximum atomic E-state index is 13.1. The van der Waals surface area contributed by atoms with Gasteiger partial charge >= 0.3 is 5.97 Å². The number of thioether (sulfide) groups is 1. The van der Waals surface area contributed by atoms with Gasteiger partial charge < -0.3 is 18.9 Å². The molecule has 1 fully saturated rings. The topological polar surface area (TPSA) is 91.4 Å². The smallest absolute Gasteiger partial charge is 0.345 e. The van der Waals surface area contributed by atoms with E-state index in [9.17, 15) is 14.4 Å². The van der Waals surface area contributed by atoms with Gasteiger partial charge in [-0.05, 0) is 75.2 Å². The Morgan fingerprint density at radius 2 is 1.84 bits per heavy atom. The molecule has 12 heteroatoms. The van der Waals surface area contributed by atoms with Crippen LogP contribution < -0.4 is 18.9 Å². The van der Waals surface area contributed by atoms with Crippen molar-refractivity contribution in [2.24, 2.45) is 0 Å². The van der Waals surface area contributed by atoms with Gasteiger partial charge in [0, 0.05) is 11.1 Å². The maximum absolute atomic E-state index is 13.1. The summed E-state index contributed by atoms with van der Waals surface area (Å²) in [5.41, 5.74) is 1.29. The zero-order chi connectivity index (χ0) is 27.0. The highest BCUT2D eigenvalue weighted by molar-refractivity contribution is 9.10. The Morgan fingerprint density at radius 1 is 1.11 bits per heavy atom. The summed E-state index contributed by atoms with van der Waals surface area (Å²) in [7, 11) is 1.42. The van der Waals surface area contributed by atoms with E-state index in [-0.39, 0.29) is 40.3 Å². The molecule has 194 valence electrons. The lowest BCUT2D eigenvalue weighted by molar-refractivity contribution is -0.123. The van der Waals surface area contributed by atoms with Crippen LogP contribution in [-0.4, -0.2) is 35.9 Å². The number of nitrogens with zero attached hydrogens (tertiary/aromatic N) is 1. The second-order valence-electron chi connectivity index (χ2n) is 7.97. The Morgan fingerprint density at radius 3 is 2.58 bits per heavy atom. The number of esters is 1. The lowest BCUT2D eigenvalue weighted by atomic mass is 10.1. The van der Waals surface area contributed by atoms with Gasteiger partial charge in [-0.2, -0.15) is 0 Å². The molecule has 0 aromatic heterocycles. The van der Waals surface area contributed by atoms with E-state index >= 15 is 0 Å². The lowest BCUT2D eigenvalue weighted by Crippen LogP contribution is -2.27. The summed E-state index contributed by atoms with van der Waals surface area (Å²) in [4.78, 5) is 39.8. The van der Waals surface area contributed by atoms with Crippen molar-refractivity contribution in [2.45, 2.75) is 6.54 Å². The van der Waals surface area contributed by atoms with E-state index in [1.807, 2.05) is 0 Å². The van der Waals surface area contributed by atoms with Gasteiger partial charge in [-0.3, -0.25) is 14.5 Å². The van der Waals surface area contributed by atoms with E-state index in [1.165, 1.54) is 7.11 Å². The van der Waals surface area contributed by atoms with Crippen molar-refractivity contribution in [2.75, 3.05) is 13.9 Å². The summed E-state index contributed by atoms with van der Waals surface area (Å²) in [6.07, 6.45) is 1.55. The minimum absolute atomic E-state index is 0.0264. The number of fused-ring (bicyclic) bond motifs is 1. The summed E-state index contributed by atoms with van der Waals surface area (Å²) in [6, 6.07) is 13.0. The van der Waals surface area contributed by atoms with E-state index in [2.05, 4.69) is 15.9 Å². The van der Waals surface area contributed by atoms with Crippen molar-refractivity contribution >= 4 is 74.1 Å². The number of halogens is 3. The average Bonchev–Trinajstić information content (AvgIpc) is 3.44. The molecule has 0 bridgehead atoms.